The molecular formula is C18H23F3N2O4S. The number of benzene rings is 1. The third-order valence-electron chi connectivity index (χ3n) is 5.65. The fourth-order valence-corrected chi connectivity index (χ4v) is 5.90. The number of carbonyl (C=O) groups is 1. The molecule has 1 aromatic carbocycles. The van der Waals surface area contributed by atoms with E-state index in [-0.39, 0.29) is 10.7 Å². The summed E-state index contributed by atoms with van der Waals surface area (Å²) >= 11 is 0. The molecule has 4 rings (SSSR count). The second-order valence-electron chi connectivity index (χ2n) is 7.60. The number of sulfonamides is 1. The van der Waals surface area contributed by atoms with Gasteiger partial charge in [0.2, 0.25) is 10.0 Å². The van der Waals surface area contributed by atoms with Crippen molar-refractivity contribution in [3.05, 3.63) is 29.8 Å². The molecule has 10 heteroatoms. The van der Waals surface area contributed by atoms with Crippen LogP contribution in [-0.2, 0) is 20.2 Å². The first-order chi connectivity index (χ1) is 13.0. The van der Waals surface area contributed by atoms with Gasteiger partial charge in [-0.2, -0.15) is 13.2 Å². The van der Waals surface area contributed by atoms with E-state index in [4.69, 9.17) is 9.90 Å². The van der Waals surface area contributed by atoms with Gasteiger partial charge in [-0.05, 0) is 37.3 Å². The Kier molecular flexibility index (Phi) is 5.39. The Morgan fingerprint density at radius 3 is 2.21 bits per heavy atom. The summed E-state index contributed by atoms with van der Waals surface area (Å²) in [6.07, 6.45) is -1.48. The van der Waals surface area contributed by atoms with Gasteiger partial charge < -0.3 is 10.0 Å². The number of nitrogens with zero attached hydrogens (tertiary/aromatic N) is 2. The maximum atomic E-state index is 12.4. The first kappa shape index (κ1) is 20.9. The maximum Gasteiger partial charge on any atom is 0.490 e. The molecule has 2 heterocycles. The second kappa shape index (κ2) is 7.22. The van der Waals surface area contributed by atoms with E-state index in [1.54, 1.807) is 4.31 Å². The number of hydrogen-bond acceptors (Lipinski definition) is 4. The van der Waals surface area contributed by atoms with Gasteiger partial charge in [0.25, 0.3) is 0 Å². The van der Waals surface area contributed by atoms with Crippen molar-refractivity contribution in [3.63, 3.8) is 0 Å². The predicted molar refractivity (Wildman–Crippen MR) is 97.8 cm³/mol. The topological polar surface area (TPSA) is 77.9 Å². The number of para-hydroxylation sites is 1. The zero-order valence-electron chi connectivity index (χ0n) is 15.4. The number of hydrogen-bond donors (Lipinski definition) is 1. The number of carboxylic acid groups (broad SMARTS) is 1. The summed E-state index contributed by atoms with van der Waals surface area (Å²) < 4.78 is 58.2. The third kappa shape index (κ3) is 3.98. The lowest BCUT2D eigenvalue weighted by Gasteiger charge is -2.39. The predicted octanol–water partition coefficient (Wildman–Crippen LogP) is 2.60. The molecule has 1 aliphatic carbocycles. The van der Waals surface area contributed by atoms with Crippen LogP contribution in [0.2, 0.25) is 0 Å². The van der Waals surface area contributed by atoms with Crippen LogP contribution in [0.25, 0.3) is 0 Å². The third-order valence-corrected chi connectivity index (χ3v) is 8.05. The molecule has 156 valence electrons. The van der Waals surface area contributed by atoms with Gasteiger partial charge >= 0.3 is 12.1 Å². The van der Waals surface area contributed by atoms with E-state index in [2.05, 4.69) is 36.2 Å². The summed E-state index contributed by atoms with van der Waals surface area (Å²) in [4.78, 5) is 11.2. The van der Waals surface area contributed by atoms with Gasteiger partial charge in [-0.1, -0.05) is 18.2 Å². The van der Waals surface area contributed by atoms with Gasteiger partial charge in [0.1, 0.15) is 0 Å². The standard InChI is InChI=1S/C16H22N2O2S.C2HF3O2/c1-17-12-16(14-4-2-3-5-15(14)17)8-10-18(11-9-16)21(19,20)13-6-7-13;3-2(4,5)1(6)7/h2-5,13H,6-12H2,1H3;(H,6,7). The number of carboxylic acids is 1. The Labute approximate surface area is 162 Å². The van der Waals surface area contributed by atoms with Gasteiger partial charge in [-0.15, -0.1) is 0 Å². The minimum absolute atomic E-state index is 0.0786. The molecule has 0 atom stereocenters. The number of halogens is 3. The number of rotatable bonds is 2. The molecule has 3 aliphatic rings. The highest BCUT2D eigenvalue weighted by atomic mass is 32.2. The van der Waals surface area contributed by atoms with Crippen molar-refractivity contribution in [2.45, 2.75) is 42.5 Å². The molecule has 1 spiro atoms. The van der Waals surface area contributed by atoms with Gasteiger partial charge in [0.15, 0.2) is 0 Å². The van der Waals surface area contributed by atoms with Gasteiger partial charge in [-0.25, -0.2) is 17.5 Å². The fourth-order valence-electron chi connectivity index (χ4n) is 4.05. The highest BCUT2D eigenvalue weighted by Crippen LogP contribution is 2.47. The first-order valence-corrected chi connectivity index (χ1v) is 10.6. The number of aliphatic carboxylic acids is 1. The Morgan fingerprint density at radius 2 is 1.71 bits per heavy atom. The fraction of sp³-hybridized carbons (Fsp3) is 0.611. The van der Waals surface area contributed by atoms with E-state index in [0.29, 0.717) is 13.1 Å². The zero-order chi connectivity index (χ0) is 20.7. The average molecular weight is 420 g/mol. The van der Waals surface area contributed by atoms with Crippen molar-refractivity contribution < 1.29 is 31.5 Å². The molecule has 0 amide bonds. The minimum Gasteiger partial charge on any atom is -0.475 e. The number of anilines is 1. The summed E-state index contributed by atoms with van der Waals surface area (Å²) in [6, 6.07) is 8.59. The summed E-state index contributed by atoms with van der Waals surface area (Å²) in [6.45, 7) is 2.38. The zero-order valence-corrected chi connectivity index (χ0v) is 16.3. The van der Waals surface area contributed by atoms with Gasteiger partial charge in [0.05, 0.1) is 5.25 Å². The van der Waals surface area contributed by atoms with E-state index in [1.165, 1.54) is 11.3 Å². The van der Waals surface area contributed by atoms with Crippen molar-refractivity contribution in [2.75, 3.05) is 31.6 Å². The monoisotopic (exact) mass is 420 g/mol. The summed E-state index contributed by atoms with van der Waals surface area (Å²) in [7, 11) is -0.866. The Hall–Kier alpha value is -1.81. The number of alkyl halides is 3. The molecule has 0 unspecified atom stereocenters. The van der Waals surface area contributed by atoms with E-state index >= 15 is 0 Å². The van der Waals surface area contributed by atoms with Crippen LogP contribution in [0.1, 0.15) is 31.2 Å². The van der Waals surface area contributed by atoms with Crippen LogP contribution in [-0.4, -0.2) is 61.9 Å². The largest absolute Gasteiger partial charge is 0.490 e. The summed E-state index contributed by atoms with van der Waals surface area (Å²) in [5.74, 6) is -2.76. The quantitative estimate of drug-likeness (QED) is 0.796. The van der Waals surface area contributed by atoms with Crippen LogP contribution in [0.3, 0.4) is 0 Å². The lowest BCUT2D eigenvalue weighted by atomic mass is 9.75. The van der Waals surface area contributed by atoms with Crippen molar-refractivity contribution in [3.8, 4) is 0 Å². The van der Waals surface area contributed by atoms with Crippen molar-refractivity contribution >= 4 is 21.7 Å². The Bertz CT molecular complexity index is 845. The highest BCUT2D eigenvalue weighted by Gasteiger charge is 2.47. The van der Waals surface area contributed by atoms with Crippen LogP contribution in [0.15, 0.2) is 24.3 Å². The van der Waals surface area contributed by atoms with Crippen molar-refractivity contribution in [1.29, 1.82) is 0 Å². The molecule has 1 N–H and O–H groups in total. The van der Waals surface area contributed by atoms with Crippen LogP contribution in [0.5, 0.6) is 0 Å². The lowest BCUT2D eigenvalue weighted by molar-refractivity contribution is -0.192. The average Bonchev–Trinajstić information content (AvgIpc) is 3.44. The minimum atomic E-state index is -5.08. The van der Waals surface area contributed by atoms with Crippen molar-refractivity contribution in [2.24, 2.45) is 0 Å². The van der Waals surface area contributed by atoms with E-state index in [1.807, 2.05) is 0 Å². The summed E-state index contributed by atoms with van der Waals surface area (Å²) in [5, 5.41) is 7.05. The van der Waals surface area contributed by atoms with Crippen LogP contribution >= 0.6 is 0 Å². The van der Waals surface area contributed by atoms with E-state index in [0.717, 1.165) is 32.2 Å². The summed E-state index contributed by atoms with van der Waals surface area (Å²) in [5.41, 5.74) is 2.88. The van der Waals surface area contributed by atoms with Crippen LogP contribution in [0, 0.1) is 0 Å². The molecule has 0 bridgehead atoms. The molecule has 1 saturated carbocycles. The molecule has 1 saturated heterocycles. The molecular weight excluding hydrogens is 397 g/mol. The maximum absolute atomic E-state index is 12.4. The smallest absolute Gasteiger partial charge is 0.475 e. The first-order valence-electron chi connectivity index (χ1n) is 9.07. The number of fused-ring (bicyclic) bond motifs is 2. The normalized spacial score (nSPS) is 21.8. The second-order valence-corrected chi connectivity index (χ2v) is 9.81. The Balaban J connectivity index is 0.000000279. The van der Waals surface area contributed by atoms with Gasteiger partial charge in [-0.3, -0.25) is 0 Å². The van der Waals surface area contributed by atoms with Crippen LogP contribution < -0.4 is 4.90 Å². The van der Waals surface area contributed by atoms with E-state index < -0.39 is 22.2 Å². The lowest BCUT2D eigenvalue weighted by Crippen LogP contribution is -2.47. The highest BCUT2D eigenvalue weighted by molar-refractivity contribution is 7.90. The van der Waals surface area contributed by atoms with Gasteiger partial charge in [0, 0.05) is 37.8 Å². The molecule has 2 fully saturated rings. The molecule has 1 aromatic rings. The molecule has 2 aliphatic heterocycles. The number of likely N-dealkylation sites (N-methyl/N-ethyl adjacent to an activating group) is 1. The molecule has 28 heavy (non-hydrogen) atoms. The van der Waals surface area contributed by atoms with Crippen LogP contribution in [0.4, 0.5) is 18.9 Å². The molecule has 0 aromatic heterocycles. The SMILES string of the molecule is CN1CC2(CCN(S(=O)(=O)C3CC3)CC2)c2ccccc21.O=C(O)C(F)(F)F. The molecule has 0 radical (unpaired) electrons. The Morgan fingerprint density at radius 1 is 1.18 bits per heavy atom. The number of piperidine rings is 1. The molecule has 6 nitrogen and oxygen atoms in total. The van der Waals surface area contributed by atoms with Crippen molar-refractivity contribution in [1.82, 2.24) is 4.31 Å². The van der Waals surface area contributed by atoms with E-state index in [9.17, 15) is 21.6 Å².